The zero-order valence-corrected chi connectivity index (χ0v) is 12.8. The van der Waals surface area contributed by atoms with Crippen LogP contribution in [0.25, 0.3) is 0 Å². The van der Waals surface area contributed by atoms with Gasteiger partial charge in [-0.2, -0.15) is 0 Å². The predicted octanol–water partition coefficient (Wildman–Crippen LogP) is 0.933. The number of piperidine rings is 1. The molecule has 2 amide bonds. The second kappa shape index (κ2) is 6.44. The van der Waals surface area contributed by atoms with Gasteiger partial charge in [0.25, 0.3) is 5.91 Å². The standard InChI is InChI=1S/C16H21N3O3/c1-22-11-10-18-14-6-9-19(13(14)2-3-15(18)20)16(21)12-4-7-17-8-5-12/h4-5,7-8,13-14H,2-3,6,9-11H2,1H3/t13-,14-/m0/s1. The Labute approximate surface area is 130 Å². The molecule has 0 saturated carbocycles. The zero-order valence-electron chi connectivity index (χ0n) is 12.8. The predicted molar refractivity (Wildman–Crippen MR) is 80.3 cm³/mol. The summed E-state index contributed by atoms with van der Waals surface area (Å²) in [6.07, 6.45) is 5.37. The number of rotatable bonds is 4. The molecule has 2 aliphatic rings. The van der Waals surface area contributed by atoms with Gasteiger partial charge in [0.15, 0.2) is 0 Å². The van der Waals surface area contributed by atoms with Gasteiger partial charge in [-0.3, -0.25) is 14.6 Å². The van der Waals surface area contributed by atoms with E-state index >= 15 is 0 Å². The number of amides is 2. The van der Waals surface area contributed by atoms with E-state index in [1.54, 1.807) is 31.6 Å². The Balaban J connectivity index is 1.75. The number of likely N-dealkylation sites (tertiary alicyclic amines) is 2. The van der Waals surface area contributed by atoms with E-state index < -0.39 is 0 Å². The first-order valence-electron chi connectivity index (χ1n) is 7.72. The van der Waals surface area contributed by atoms with Crippen LogP contribution in [-0.4, -0.2) is 65.5 Å². The second-order valence-electron chi connectivity index (χ2n) is 5.78. The molecule has 0 aromatic carbocycles. The van der Waals surface area contributed by atoms with Gasteiger partial charge in [-0.25, -0.2) is 0 Å². The lowest BCUT2D eigenvalue weighted by atomic mass is 9.96. The normalized spacial score (nSPS) is 24.5. The number of carbonyl (C=O) groups is 2. The molecule has 3 rings (SSSR count). The third kappa shape index (κ3) is 2.70. The van der Waals surface area contributed by atoms with Crippen LogP contribution in [0, 0.1) is 0 Å². The maximum absolute atomic E-state index is 12.7. The number of hydrogen-bond donors (Lipinski definition) is 0. The van der Waals surface area contributed by atoms with Crippen molar-refractivity contribution in [3.05, 3.63) is 30.1 Å². The van der Waals surface area contributed by atoms with Crippen LogP contribution in [-0.2, 0) is 9.53 Å². The van der Waals surface area contributed by atoms with Crippen LogP contribution in [0.5, 0.6) is 0 Å². The van der Waals surface area contributed by atoms with Crippen LogP contribution in [0.4, 0.5) is 0 Å². The van der Waals surface area contributed by atoms with Crippen molar-refractivity contribution >= 4 is 11.8 Å². The van der Waals surface area contributed by atoms with Crippen LogP contribution in [0.15, 0.2) is 24.5 Å². The summed E-state index contributed by atoms with van der Waals surface area (Å²) in [4.78, 5) is 32.6. The number of carbonyl (C=O) groups excluding carboxylic acids is 2. The van der Waals surface area contributed by atoms with Crippen LogP contribution in [0.3, 0.4) is 0 Å². The highest BCUT2D eigenvalue weighted by atomic mass is 16.5. The summed E-state index contributed by atoms with van der Waals surface area (Å²) in [6.45, 7) is 1.84. The maximum atomic E-state index is 12.7. The molecule has 0 N–H and O–H groups in total. The highest BCUT2D eigenvalue weighted by Gasteiger charge is 2.44. The fraction of sp³-hybridized carbons (Fsp3) is 0.562. The molecular weight excluding hydrogens is 282 g/mol. The Bertz CT molecular complexity index is 549. The molecule has 1 aromatic heterocycles. The van der Waals surface area contributed by atoms with Crippen LogP contribution in [0.2, 0.25) is 0 Å². The number of nitrogens with zero attached hydrogens (tertiary/aromatic N) is 3. The Morgan fingerprint density at radius 3 is 2.82 bits per heavy atom. The third-order valence-electron chi connectivity index (χ3n) is 4.61. The maximum Gasteiger partial charge on any atom is 0.254 e. The van der Waals surface area contributed by atoms with Crippen molar-refractivity contribution in [2.75, 3.05) is 26.8 Å². The van der Waals surface area contributed by atoms with Gasteiger partial charge in [0.2, 0.25) is 5.91 Å². The van der Waals surface area contributed by atoms with Gasteiger partial charge in [-0.05, 0) is 25.0 Å². The van der Waals surface area contributed by atoms with Gasteiger partial charge in [0.05, 0.1) is 18.7 Å². The average molecular weight is 303 g/mol. The molecule has 0 aliphatic carbocycles. The molecule has 2 saturated heterocycles. The third-order valence-corrected chi connectivity index (χ3v) is 4.61. The van der Waals surface area contributed by atoms with E-state index in [-0.39, 0.29) is 23.9 Å². The summed E-state index contributed by atoms with van der Waals surface area (Å²) < 4.78 is 5.10. The summed E-state index contributed by atoms with van der Waals surface area (Å²) in [5.74, 6) is 0.215. The molecule has 0 spiro atoms. The Kier molecular flexibility index (Phi) is 4.38. The van der Waals surface area contributed by atoms with E-state index in [0.29, 0.717) is 31.7 Å². The molecular formula is C16H21N3O3. The largest absolute Gasteiger partial charge is 0.383 e. The van der Waals surface area contributed by atoms with Crippen molar-refractivity contribution in [1.29, 1.82) is 0 Å². The van der Waals surface area contributed by atoms with E-state index in [9.17, 15) is 9.59 Å². The fourth-order valence-corrected chi connectivity index (χ4v) is 3.54. The average Bonchev–Trinajstić information content (AvgIpc) is 2.98. The number of fused-ring (bicyclic) bond motifs is 1. The van der Waals surface area contributed by atoms with Gasteiger partial charge in [0.1, 0.15) is 0 Å². The van der Waals surface area contributed by atoms with Gasteiger partial charge in [-0.15, -0.1) is 0 Å². The molecule has 2 fully saturated rings. The van der Waals surface area contributed by atoms with Gasteiger partial charge < -0.3 is 14.5 Å². The number of hydrogen-bond acceptors (Lipinski definition) is 4. The summed E-state index contributed by atoms with van der Waals surface area (Å²) in [6, 6.07) is 3.73. The van der Waals surface area contributed by atoms with Crippen LogP contribution >= 0.6 is 0 Å². The summed E-state index contributed by atoms with van der Waals surface area (Å²) >= 11 is 0. The highest BCUT2D eigenvalue weighted by Crippen LogP contribution is 2.32. The fourth-order valence-electron chi connectivity index (χ4n) is 3.54. The van der Waals surface area contributed by atoms with E-state index in [2.05, 4.69) is 4.98 Å². The van der Waals surface area contributed by atoms with Gasteiger partial charge in [0, 0.05) is 44.6 Å². The summed E-state index contributed by atoms with van der Waals surface area (Å²) in [7, 11) is 1.64. The van der Waals surface area contributed by atoms with Crippen molar-refractivity contribution < 1.29 is 14.3 Å². The minimum Gasteiger partial charge on any atom is -0.383 e. The van der Waals surface area contributed by atoms with E-state index in [0.717, 1.165) is 12.8 Å². The molecule has 2 aliphatic heterocycles. The second-order valence-corrected chi connectivity index (χ2v) is 5.78. The first-order chi connectivity index (χ1) is 10.7. The van der Waals surface area contributed by atoms with E-state index in [4.69, 9.17) is 4.74 Å². The monoisotopic (exact) mass is 303 g/mol. The van der Waals surface area contributed by atoms with E-state index in [1.807, 2.05) is 9.80 Å². The van der Waals surface area contributed by atoms with Crippen molar-refractivity contribution in [3.63, 3.8) is 0 Å². The Morgan fingerprint density at radius 2 is 2.09 bits per heavy atom. The number of ether oxygens (including phenoxy) is 1. The zero-order chi connectivity index (χ0) is 15.5. The molecule has 22 heavy (non-hydrogen) atoms. The highest BCUT2D eigenvalue weighted by molar-refractivity contribution is 5.94. The molecule has 1 aromatic rings. The Hall–Kier alpha value is -1.95. The number of methoxy groups -OCH3 is 1. The molecule has 118 valence electrons. The number of pyridine rings is 1. The van der Waals surface area contributed by atoms with Crippen LogP contribution < -0.4 is 0 Å². The molecule has 6 nitrogen and oxygen atoms in total. The molecule has 0 radical (unpaired) electrons. The molecule has 6 heteroatoms. The van der Waals surface area contributed by atoms with Crippen molar-refractivity contribution in [2.45, 2.75) is 31.3 Å². The quantitative estimate of drug-likeness (QED) is 0.830. The number of aromatic nitrogens is 1. The summed E-state index contributed by atoms with van der Waals surface area (Å²) in [5, 5.41) is 0. The van der Waals surface area contributed by atoms with Gasteiger partial charge in [-0.1, -0.05) is 0 Å². The minimum atomic E-state index is 0.0379. The smallest absolute Gasteiger partial charge is 0.254 e. The summed E-state index contributed by atoms with van der Waals surface area (Å²) in [5.41, 5.74) is 0.663. The first-order valence-corrected chi connectivity index (χ1v) is 7.72. The topological polar surface area (TPSA) is 62.7 Å². The molecule has 0 bridgehead atoms. The Morgan fingerprint density at radius 1 is 1.32 bits per heavy atom. The lowest BCUT2D eigenvalue weighted by molar-refractivity contribution is -0.138. The van der Waals surface area contributed by atoms with Crippen LogP contribution in [0.1, 0.15) is 29.6 Å². The lowest BCUT2D eigenvalue weighted by Gasteiger charge is -2.39. The van der Waals surface area contributed by atoms with Crippen molar-refractivity contribution in [3.8, 4) is 0 Å². The molecule has 3 heterocycles. The van der Waals surface area contributed by atoms with Crippen molar-refractivity contribution in [1.82, 2.24) is 14.8 Å². The van der Waals surface area contributed by atoms with Gasteiger partial charge >= 0.3 is 0 Å². The first kappa shape index (κ1) is 15.0. The van der Waals surface area contributed by atoms with Crippen molar-refractivity contribution in [2.24, 2.45) is 0 Å². The molecule has 0 unspecified atom stereocenters. The lowest BCUT2D eigenvalue weighted by Crippen LogP contribution is -2.54. The SMILES string of the molecule is COCCN1C(=O)CC[C@H]2[C@@H]1CCN2C(=O)c1ccncc1. The molecule has 2 atom stereocenters. The van der Waals surface area contributed by atoms with E-state index in [1.165, 1.54) is 0 Å². The minimum absolute atomic E-state index is 0.0379.